The van der Waals surface area contributed by atoms with Crippen molar-refractivity contribution < 1.29 is 4.74 Å². The van der Waals surface area contributed by atoms with Crippen LogP contribution in [-0.4, -0.2) is 36.1 Å². The van der Waals surface area contributed by atoms with Crippen LogP contribution in [0.2, 0.25) is 0 Å². The Labute approximate surface area is 152 Å². The van der Waals surface area contributed by atoms with E-state index in [0.717, 1.165) is 47.7 Å². The molecule has 7 heteroatoms. The van der Waals surface area contributed by atoms with Crippen LogP contribution in [0.3, 0.4) is 0 Å². The maximum atomic E-state index is 5.66. The Morgan fingerprint density at radius 2 is 2.24 bits per heavy atom. The maximum absolute atomic E-state index is 5.66. The molecule has 134 valence electrons. The van der Waals surface area contributed by atoms with Gasteiger partial charge in [0.05, 0.1) is 17.3 Å². The Kier molecular flexibility index (Phi) is 6.22. The largest absolute Gasteiger partial charge is 0.477 e. The highest BCUT2D eigenvalue weighted by Gasteiger charge is 2.21. The van der Waals surface area contributed by atoms with Crippen LogP contribution >= 0.6 is 11.3 Å². The predicted molar refractivity (Wildman–Crippen MR) is 101 cm³/mol. The van der Waals surface area contributed by atoms with Crippen LogP contribution in [0.4, 0.5) is 0 Å². The van der Waals surface area contributed by atoms with E-state index in [4.69, 9.17) is 4.74 Å². The average Bonchev–Trinajstić information content (AvgIpc) is 3.37. The van der Waals surface area contributed by atoms with E-state index in [-0.39, 0.29) is 0 Å². The number of hydrogen-bond donors (Lipinski definition) is 2. The van der Waals surface area contributed by atoms with Gasteiger partial charge >= 0.3 is 0 Å². The van der Waals surface area contributed by atoms with E-state index in [1.807, 2.05) is 25.3 Å². The second-order valence-corrected chi connectivity index (χ2v) is 7.28. The summed E-state index contributed by atoms with van der Waals surface area (Å²) >= 11 is 1.68. The molecule has 0 bridgehead atoms. The molecule has 3 rings (SSSR count). The smallest absolute Gasteiger partial charge is 0.213 e. The standard InChI is InChI=1S/C18H25N5OS/c1-13-23-16(12-25-13)7-8-20-18(19-2)22-10-15-5-6-17(21-9-15)24-11-14-3-4-14/h5-6,9,12,14H,3-4,7-8,10-11H2,1-2H3,(H2,19,20,22). The lowest BCUT2D eigenvalue weighted by Crippen LogP contribution is -2.37. The van der Waals surface area contributed by atoms with Crippen LogP contribution < -0.4 is 15.4 Å². The third-order valence-electron chi connectivity index (χ3n) is 3.99. The zero-order valence-corrected chi connectivity index (χ0v) is 15.6. The summed E-state index contributed by atoms with van der Waals surface area (Å²) in [4.78, 5) is 13.1. The molecule has 0 radical (unpaired) electrons. The second kappa shape index (κ2) is 8.80. The molecule has 2 aromatic heterocycles. The number of rotatable bonds is 8. The average molecular weight is 359 g/mol. The quantitative estimate of drug-likeness (QED) is 0.560. The lowest BCUT2D eigenvalue weighted by molar-refractivity contribution is 0.288. The first-order chi connectivity index (χ1) is 12.2. The minimum atomic E-state index is 0.672. The zero-order chi connectivity index (χ0) is 17.5. The number of thiazole rings is 1. The van der Waals surface area contributed by atoms with Gasteiger partial charge in [-0.15, -0.1) is 11.3 Å². The van der Waals surface area contributed by atoms with Crippen LogP contribution in [0.1, 0.15) is 29.1 Å². The molecule has 6 nitrogen and oxygen atoms in total. The van der Waals surface area contributed by atoms with Gasteiger partial charge in [0.25, 0.3) is 0 Å². The molecule has 1 aliphatic rings. The molecule has 0 atom stereocenters. The van der Waals surface area contributed by atoms with Gasteiger partial charge in [0.2, 0.25) is 5.88 Å². The number of aliphatic imine (C=N–C) groups is 1. The Morgan fingerprint density at radius 1 is 1.36 bits per heavy atom. The lowest BCUT2D eigenvalue weighted by Gasteiger charge is -2.11. The first kappa shape index (κ1) is 17.7. The molecule has 2 aromatic rings. The second-order valence-electron chi connectivity index (χ2n) is 6.22. The Morgan fingerprint density at radius 3 is 2.88 bits per heavy atom. The lowest BCUT2D eigenvalue weighted by atomic mass is 10.3. The number of aromatic nitrogens is 2. The van der Waals surface area contributed by atoms with Crippen molar-refractivity contribution in [2.24, 2.45) is 10.9 Å². The molecular weight excluding hydrogens is 334 g/mol. The van der Waals surface area contributed by atoms with E-state index < -0.39 is 0 Å². The number of ether oxygens (including phenoxy) is 1. The van der Waals surface area contributed by atoms with E-state index in [0.29, 0.717) is 12.4 Å². The van der Waals surface area contributed by atoms with Crippen molar-refractivity contribution in [3.8, 4) is 5.88 Å². The third-order valence-corrected chi connectivity index (χ3v) is 4.81. The van der Waals surface area contributed by atoms with Crippen molar-refractivity contribution in [1.82, 2.24) is 20.6 Å². The van der Waals surface area contributed by atoms with Gasteiger partial charge in [-0.05, 0) is 31.2 Å². The number of aryl methyl sites for hydroxylation is 1. The molecule has 1 aliphatic carbocycles. The van der Waals surface area contributed by atoms with Gasteiger partial charge in [-0.2, -0.15) is 0 Å². The number of guanidine groups is 1. The van der Waals surface area contributed by atoms with Crippen molar-refractivity contribution in [1.29, 1.82) is 0 Å². The number of hydrogen-bond acceptors (Lipinski definition) is 5. The summed E-state index contributed by atoms with van der Waals surface area (Å²) in [7, 11) is 1.77. The van der Waals surface area contributed by atoms with E-state index >= 15 is 0 Å². The molecule has 25 heavy (non-hydrogen) atoms. The Bertz CT molecular complexity index is 694. The normalized spacial score (nSPS) is 14.4. The van der Waals surface area contributed by atoms with Crippen molar-refractivity contribution in [3.63, 3.8) is 0 Å². The molecule has 1 fully saturated rings. The van der Waals surface area contributed by atoms with E-state index in [1.54, 1.807) is 18.4 Å². The molecule has 0 aromatic carbocycles. The fourth-order valence-corrected chi connectivity index (χ4v) is 2.97. The van der Waals surface area contributed by atoms with Crippen LogP contribution in [0.15, 0.2) is 28.7 Å². The molecule has 0 amide bonds. The molecule has 0 aliphatic heterocycles. The van der Waals surface area contributed by atoms with Crippen molar-refractivity contribution in [3.05, 3.63) is 40.0 Å². The first-order valence-corrected chi connectivity index (χ1v) is 9.54. The fraction of sp³-hybridized carbons (Fsp3) is 0.500. The van der Waals surface area contributed by atoms with E-state index in [1.165, 1.54) is 12.8 Å². The summed E-state index contributed by atoms with van der Waals surface area (Å²) in [5.74, 6) is 2.23. The highest BCUT2D eigenvalue weighted by molar-refractivity contribution is 7.09. The van der Waals surface area contributed by atoms with Crippen LogP contribution in [0, 0.1) is 12.8 Å². The predicted octanol–water partition coefficient (Wildman–Crippen LogP) is 2.54. The number of nitrogens with zero attached hydrogens (tertiary/aromatic N) is 3. The molecule has 1 saturated carbocycles. The first-order valence-electron chi connectivity index (χ1n) is 8.66. The van der Waals surface area contributed by atoms with Crippen LogP contribution in [0.25, 0.3) is 0 Å². The minimum Gasteiger partial charge on any atom is -0.477 e. The van der Waals surface area contributed by atoms with Gasteiger partial charge in [-0.25, -0.2) is 9.97 Å². The highest BCUT2D eigenvalue weighted by atomic mass is 32.1. The van der Waals surface area contributed by atoms with Crippen molar-refractivity contribution in [2.75, 3.05) is 20.2 Å². The number of nitrogens with one attached hydrogen (secondary N) is 2. The van der Waals surface area contributed by atoms with Gasteiger partial charge in [-0.1, -0.05) is 6.07 Å². The topological polar surface area (TPSA) is 71.4 Å². The molecule has 0 spiro atoms. The van der Waals surface area contributed by atoms with Gasteiger partial charge in [0.1, 0.15) is 0 Å². The summed E-state index contributed by atoms with van der Waals surface area (Å²) in [5, 5.41) is 9.81. The van der Waals surface area contributed by atoms with E-state index in [9.17, 15) is 0 Å². The highest BCUT2D eigenvalue weighted by Crippen LogP contribution is 2.29. The van der Waals surface area contributed by atoms with Gasteiger partial charge < -0.3 is 15.4 Å². The maximum Gasteiger partial charge on any atom is 0.213 e. The third kappa shape index (κ3) is 6.01. The van der Waals surface area contributed by atoms with Gasteiger partial charge in [0, 0.05) is 44.2 Å². The molecular formula is C18H25N5OS. The van der Waals surface area contributed by atoms with Crippen LogP contribution in [-0.2, 0) is 13.0 Å². The van der Waals surface area contributed by atoms with Crippen molar-refractivity contribution in [2.45, 2.75) is 32.7 Å². The van der Waals surface area contributed by atoms with Gasteiger partial charge in [-0.3, -0.25) is 4.99 Å². The summed E-state index contributed by atoms with van der Waals surface area (Å²) in [6, 6.07) is 3.97. The molecule has 0 saturated heterocycles. The van der Waals surface area contributed by atoms with E-state index in [2.05, 4.69) is 31.0 Å². The fourth-order valence-electron chi connectivity index (χ4n) is 2.33. The minimum absolute atomic E-state index is 0.672. The molecule has 2 N–H and O–H groups in total. The summed E-state index contributed by atoms with van der Waals surface area (Å²) < 4.78 is 5.66. The molecule has 0 unspecified atom stereocenters. The van der Waals surface area contributed by atoms with Crippen LogP contribution in [0.5, 0.6) is 5.88 Å². The Hall–Kier alpha value is -2.15. The number of pyridine rings is 1. The zero-order valence-electron chi connectivity index (χ0n) is 14.8. The van der Waals surface area contributed by atoms with Gasteiger partial charge in [0.15, 0.2) is 5.96 Å². The Balaban J connectivity index is 1.38. The van der Waals surface area contributed by atoms with Crippen molar-refractivity contribution >= 4 is 17.3 Å². The molecule has 2 heterocycles. The monoisotopic (exact) mass is 359 g/mol. The summed E-state index contributed by atoms with van der Waals surface area (Å²) in [5.41, 5.74) is 2.22. The summed E-state index contributed by atoms with van der Waals surface area (Å²) in [6.45, 7) is 4.29. The SMILES string of the molecule is CN=C(NCCc1csc(C)n1)NCc1ccc(OCC2CC2)nc1. The summed E-state index contributed by atoms with van der Waals surface area (Å²) in [6.07, 6.45) is 5.31.